The molecule has 0 fully saturated rings. The Morgan fingerprint density at radius 2 is 1.60 bits per heavy atom. The monoisotopic (exact) mass is 420 g/mol. The van der Waals surface area contributed by atoms with Crippen molar-refractivity contribution in [2.75, 3.05) is 10.8 Å². The first-order valence-corrected chi connectivity index (χ1v) is 11.3. The Morgan fingerprint density at radius 1 is 0.933 bits per heavy atom. The lowest BCUT2D eigenvalue weighted by Crippen LogP contribution is -2.43. The number of aryl methyl sites for hydroxylation is 2. The van der Waals surface area contributed by atoms with E-state index in [-0.39, 0.29) is 23.4 Å². The van der Waals surface area contributed by atoms with Crippen LogP contribution in [0.4, 0.5) is 5.69 Å². The molecule has 30 heavy (non-hydrogen) atoms. The fourth-order valence-corrected chi connectivity index (χ4v) is 5.42. The minimum Gasteiger partial charge on any atom is -0.348 e. The summed E-state index contributed by atoms with van der Waals surface area (Å²) in [5, 5.41) is 2.92. The lowest BCUT2D eigenvalue weighted by molar-refractivity contribution is -0.120. The Kier molecular flexibility index (Phi) is 5.12. The molecule has 1 heterocycles. The van der Waals surface area contributed by atoms with Crippen molar-refractivity contribution in [3.05, 3.63) is 83.4 Å². The zero-order chi connectivity index (χ0) is 21.5. The molecule has 0 radical (unpaired) electrons. The van der Waals surface area contributed by atoms with Crippen LogP contribution < -0.4 is 9.62 Å². The molecule has 4 rings (SSSR count). The third-order valence-corrected chi connectivity index (χ3v) is 7.23. The number of amides is 1. The number of carbonyl (C=O) groups is 1. The van der Waals surface area contributed by atoms with Gasteiger partial charge in [0.1, 0.15) is 6.54 Å². The van der Waals surface area contributed by atoms with Gasteiger partial charge in [-0.1, -0.05) is 59.7 Å². The summed E-state index contributed by atoms with van der Waals surface area (Å²) >= 11 is 0. The van der Waals surface area contributed by atoms with Crippen LogP contribution in [0.25, 0.3) is 11.1 Å². The maximum absolute atomic E-state index is 13.3. The predicted molar refractivity (Wildman–Crippen MR) is 119 cm³/mol. The highest BCUT2D eigenvalue weighted by molar-refractivity contribution is 7.93. The first-order valence-electron chi connectivity index (χ1n) is 9.86. The molecule has 6 heteroatoms. The standard InChI is InChI=1S/C24H24N2O3S/c1-16-8-11-19(12-9-16)18(3)25-24(27)15-26-22-13-10-17(2)14-21(22)20-6-4-5-7-23(20)30(26,28)29/h4-14,18H,15H2,1-3H3,(H,25,27)/t18-/m0/s1. The molecule has 1 atom stereocenters. The number of hydrogen-bond acceptors (Lipinski definition) is 3. The van der Waals surface area contributed by atoms with Crippen LogP contribution in [-0.4, -0.2) is 20.9 Å². The van der Waals surface area contributed by atoms with E-state index in [9.17, 15) is 13.2 Å². The van der Waals surface area contributed by atoms with Crippen molar-refractivity contribution in [1.82, 2.24) is 5.32 Å². The van der Waals surface area contributed by atoms with Crippen LogP contribution in [-0.2, 0) is 14.8 Å². The third kappa shape index (κ3) is 3.59. The number of fused-ring (bicyclic) bond motifs is 3. The molecule has 0 saturated carbocycles. The topological polar surface area (TPSA) is 66.5 Å². The zero-order valence-electron chi connectivity index (χ0n) is 17.2. The lowest BCUT2D eigenvalue weighted by atomic mass is 10.0. The van der Waals surface area contributed by atoms with Crippen LogP contribution in [0.5, 0.6) is 0 Å². The van der Waals surface area contributed by atoms with Crippen LogP contribution in [0.2, 0.25) is 0 Å². The van der Waals surface area contributed by atoms with Gasteiger partial charge in [-0.25, -0.2) is 8.42 Å². The number of anilines is 1. The summed E-state index contributed by atoms with van der Waals surface area (Å²) in [7, 11) is -3.84. The van der Waals surface area contributed by atoms with E-state index < -0.39 is 10.0 Å². The molecule has 1 aliphatic heterocycles. The SMILES string of the molecule is Cc1ccc([C@H](C)NC(=O)CN2c3ccc(C)cc3-c3ccccc3S2(=O)=O)cc1. The Balaban J connectivity index is 1.65. The molecule has 1 N–H and O–H groups in total. The number of sulfonamides is 1. The minimum absolute atomic E-state index is 0.225. The van der Waals surface area contributed by atoms with E-state index in [2.05, 4.69) is 5.32 Å². The van der Waals surface area contributed by atoms with Crippen molar-refractivity contribution < 1.29 is 13.2 Å². The molecule has 0 saturated heterocycles. The number of nitrogens with one attached hydrogen (secondary N) is 1. The third-order valence-electron chi connectivity index (χ3n) is 5.41. The Hall–Kier alpha value is -3.12. The summed E-state index contributed by atoms with van der Waals surface area (Å²) in [6.07, 6.45) is 0. The largest absolute Gasteiger partial charge is 0.348 e. The summed E-state index contributed by atoms with van der Waals surface area (Å²) in [5.74, 6) is -0.349. The molecule has 0 spiro atoms. The van der Waals surface area contributed by atoms with E-state index in [1.165, 1.54) is 4.31 Å². The fraction of sp³-hybridized carbons (Fsp3) is 0.208. The minimum atomic E-state index is -3.84. The van der Waals surface area contributed by atoms with Gasteiger partial charge in [-0.2, -0.15) is 0 Å². The first-order chi connectivity index (χ1) is 14.3. The van der Waals surface area contributed by atoms with Crippen LogP contribution in [0, 0.1) is 13.8 Å². The van der Waals surface area contributed by atoms with Gasteiger partial charge in [-0.05, 0) is 44.5 Å². The van der Waals surface area contributed by atoms with E-state index in [1.54, 1.807) is 18.2 Å². The van der Waals surface area contributed by atoms with Crippen molar-refractivity contribution in [2.45, 2.75) is 31.7 Å². The van der Waals surface area contributed by atoms with Crippen molar-refractivity contribution in [1.29, 1.82) is 0 Å². The second-order valence-electron chi connectivity index (χ2n) is 7.73. The van der Waals surface area contributed by atoms with Gasteiger partial charge >= 0.3 is 0 Å². The predicted octanol–water partition coefficient (Wildman–Crippen LogP) is 4.36. The van der Waals surface area contributed by atoms with Crippen LogP contribution in [0.1, 0.15) is 29.7 Å². The number of carbonyl (C=O) groups excluding carboxylic acids is 1. The van der Waals surface area contributed by atoms with E-state index in [4.69, 9.17) is 0 Å². The first kappa shape index (κ1) is 20.2. The quantitative estimate of drug-likeness (QED) is 0.682. The molecule has 3 aromatic rings. The summed E-state index contributed by atoms with van der Waals surface area (Å²) in [6, 6.07) is 20.2. The molecule has 0 unspecified atom stereocenters. The summed E-state index contributed by atoms with van der Waals surface area (Å²) < 4.78 is 27.9. The second-order valence-corrected chi connectivity index (χ2v) is 9.56. The van der Waals surface area contributed by atoms with Gasteiger partial charge in [0, 0.05) is 11.1 Å². The van der Waals surface area contributed by atoms with E-state index in [1.807, 2.05) is 69.3 Å². The molecular weight excluding hydrogens is 396 g/mol. The maximum atomic E-state index is 13.3. The smallest absolute Gasteiger partial charge is 0.265 e. The molecule has 0 aromatic heterocycles. The normalized spacial score (nSPS) is 15.1. The van der Waals surface area contributed by atoms with Gasteiger partial charge in [0.25, 0.3) is 10.0 Å². The second kappa shape index (κ2) is 7.61. The molecule has 154 valence electrons. The van der Waals surface area contributed by atoms with Crippen LogP contribution in [0.3, 0.4) is 0 Å². The number of nitrogens with zero attached hydrogens (tertiary/aromatic N) is 1. The average molecular weight is 421 g/mol. The molecular formula is C24H24N2O3S. The Labute approximate surface area is 177 Å². The van der Waals surface area contributed by atoms with E-state index in [0.29, 0.717) is 11.3 Å². The van der Waals surface area contributed by atoms with Crippen molar-refractivity contribution in [2.24, 2.45) is 0 Å². The summed E-state index contributed by atoms with van der Waals surface area (Å²) in [6.45, 7) is 5.58. The number of hydrogen-bond donors (Lipinski definition) is 1. The van der Waals surface area contributed by atoms with Crippen molar-refractivity contribution in [3.8, 4) is 11.1 Å². The molecule has 1 amide bonds. The summed E-state index contributed by atoms with van der Waals surface area (Å²) in [4.78, 5) is 13.0. The zero-order valence-corrected chi connectivity index (χ0v) is 18.0. The van der Waals surface area contributed by atoms with Gasteiger partial charge in [0.15, 0.2) is 0 Å². The highest BCUT2D eigenvalue weighted by Crippen LogP contribution is 2.43. The molecule has 0 bridgehead atoms. The maximum Gasteiger partial charge on any atom is 0.265 e. The molecule has 1 aliphatic rings. The van der Waals surface area contributed by atoms with Crippen molar-refractivity contribution in [3.63, 3.8) is 0 Å². The Bertz CT molecular complexity index is 1220. The van der Waals surface area contributed by atoms with Gasteiger partial charge < -0.3 is 5.32 Å². The lowest BCUT2D eigenvalue weighted by Gasteiger charge is -2.32. The fourth-order valence-electron chi connectivity index (χ4n) is 3.77. The molecule has 5 nitrogen and oxygen atoms in total. The molecule has 3 aromatic carbocycles. The van der Waals surface area contributed by atoms with E-state index in [0.717, 1.165) is 22.3 Å². The van der Waals surface area contributed by atoms with Gasteiger partial charge in [0.2, 0.25) is 5.91 Å². The highest BCUT2D eigenvalue weighted by atomic mass is 32.2. The van der Waals surface area contributed by atoms with Crippen LogP contribution >= 0.6 is 0 Å². The van der Waals surface area contributed by atoms with Crippen LogP contribution in [0.15, 0.2) is 71.6 Å². The number of rotatable bonds is 4. The highest BCUT2D eigenvalue weighted by Gasteiger charge is 2.36. The van der Waals surface area contributed by atoms with Gasteiger partial charge in [-0.15, -0.1) is 0 Å². The van der Waals surface area contributed by atoms with Crippen molar-refractivity contribution >= 4 is 21.6 Å². The average Bonchev–Trinajstić information content (AvgIpc) is 2.72. The Morgan fingerprint density at radius 3 is 2.33 bits per heavy atom. The van der Waals surface area contributed by atoms with Gasteiger partial charge in [-0.3, -0.25) is 9.10 Å². The van der Waals surface area contributed by atoms with E-state index >= 15 is 0 Å². The van der Waals surface area contributed by atoms with Gasteiger partial charge in [0.05, 0.1) is 16.6 Å². The number of benzene rings is 3. The summed E-state index contributed by atoms with van der Waals surface area (Å²) in [5.41, 5.74) is 5.15. The molecule has 0 aliphatic carbocycles.